The van der Waals surface area contributed by atoms with Gasteiger partial charge in [0.05, 0.1) is 0 Å². The third kappa shape index (κ3) is 4.00. The van der Waals surface area contributed by atoms with Crippen LogP contribution in [0, 0.1) is 6.92 Å². The lowest BCUT2D eigenvalue weighted by atomic mass is 10.2. The summed E-state index contributed by atoms with van der Waals surface area (Å²) in [5.41, 5.74) is 1.90. The van der Waals surface area contributed by atoms with Gasteiger partial charge in [-0.15, -0.1) is 10.2 Å². The fourth-order valence-corrected chi connectivity index (χ4v) is 2.02. The minimum absolute atomic E-state index is 0.138. The Morgan fingerprint density at radius 1 is 1.13 bits per heavy atom. The van der Waals surface area contributed by atoms with Crippen molar-refractivity contribution in [3.63, 3.8) is 0 Å². The Kier molecular flexibility index (Phi) is 4.42. The minimum atomic E-state index is -0.138. The summed E-state index contributed by atoms with van der Waals surface area (Å²) in [5.74, 6) is 1.30. The summed E-state index contributed by atoms with van der Waals surface area (Å²) in [7, 11) is 0. The first-order chi connectivity index (χ1) is 11.2. The van der Waals surface area contributed by atoms with E-state index in [4.69, 9.17) is 4.42 Å². The molecule has 1 amide bonds. The highest BCUT2D eigenvalue weighted by molar-refractivity contribution is 5.89. The highest BCUT2D eigenvalue weighted by Gasteiger charge is 2.10. The van der Waals surface area contributed by atoms with Gasteiger partial charge in [-0.25, -0.2) is 4.98 Å². The van der Waals surface area contributed by atoms with Gasteiger partial charge in [0.2, 0.25) is 17.7 Å². The predicted octanol–water partition coefficient (Wildman–Crippen LogP) is 3.01. The van der Waals surface area contributed by atoms with E-state index in [1.807, 2.05) is 43.3 Å². The van der Waals surface area contributed by atoms with Gasteiger partial charge in [-0.1, -0.05) is 24.3 Å². The van der Waals surface area contributed by atoms with Crippen LogP contribution in [0.4, 0.5) is 5.82 Å². The molecule has 0 fully saturated rings. The fourth-order valence-electron chi connectivity index (χ4n) is 2.02. The average molecular weight is 308 g/mol. The molecular weight excluding hydrogens is 292 g/mol. The van der Waals surface area contributed by atoms with E-state index < -0.39 is 0 Å². The van der Waals surface area contributed by atoms with Gasteiger partial charge in [0.15, 0.2) is 0 Å². The number of nitrogens with zero attached hydrogens (tertiary/aromatic N) is 3. The van der Waals surface area contributed by atoms with Gasteiger partial charge in [-0.2, -0.15) is 0 Å². The van der Waals surface area contributed by atoms with Crippen molar-refractivity contribution >= 4 is 11.7 Å². The van der Waals surface area contributed by atoms with Crippen molar-refractivity contribution in [1.29, 1.82) is 0 Å². The molecule has 0 radical (unpaired) electrons. The number of hydrogen-bond acceptors (Lipinski definition) is 5. The second-order valence-corrected chi connectivity index (χ2v) is 5.14. The molecule has 0 bridgehead atoms. The molecule has 2 heterocycles. The van der Waals surface area contributed by atoms with E-state index >= 15 is 0 Å². The van der Waals surface area contributed by atoms with Crippen molar-refractivity contribution in [3.05, 3.63) is 60.1 Å². The van der Waals surface area contributed by atoms with Gasteiger partial charge < -0.3 is 9.73 Å². The molecule has 1 N–H and O–H groups in total. The van der Waals surface area contributed by atoms with Crippen LogP contribution in [0.1, 0.15) is 17.9 Å². The molecule has 1 aromatic carbocycles. The van der Waals surface area contributed by atoms with Crippen LogP contribution in [0.2, 0.25) is 0 Å². The quantitative estimate of drug-likeness (QED) is 0.783. The molecular formula is C17H16N4O2. The molecule has 0 saturated carbocycles. The van der Waals surface area contributed by atoms with Gasteiger partial charge in [-0.05, 0) is 30.7 Å². The van der Waals surface area contributed by atoms with E-state index in [-0.39, 0.29) is 12.3 Å². The van der Waals surface area contributed by atoms with Crippen molar-refractivity contribution in [2.75, 3.05) is 5.32 Å². The molecule has 23 heavy (non-hydrogen) atoms. The van der Waals surface area contributed by atoms with Crippen LogP contribution in [-0.4, -0.2) is 21.1 Å². The standard InChI is InChI=1S/C17H16N4O2/c1-12-7-8-14(18-11-12)19-15(22)9-10-16-20-21-17(23-16)13-5-3-2-4-6-13/h2-8,11H,9-10H2,1H3,(H,18,19,22). The third-order valence-corrected chi connectivity index (χ3v) is 3.23. The number of carbonyl (C=O) groups is 1. The van der Waals surface area contributed by atoms with E-state index in [0.717, 1.165) is 11.1 Å². The van der Waals surface area contributed by atoms with Crippen molar-refractivity contribution in [3.8, 4) is 11.5 Å². The first-order valence-electron chi connectivity index (χ1n) is 7.31. The van der Waals surface area contributed by atoms with E-state index in [1.54, 1.807) is 12.3 Å². The van der Waals surface area contributed by atoms with Crippen molar-refractivity contribution in [2.24, 2.45) is 0 Å². The number of anilines is 1. The van der Waals surface area contributed by atoms with Gasteiger partial charge in [-0.3, -0.25) is 4.79 Å². The summed E-state index contributed by atoms with van der Waals surface area (Å²) >= 11 is 0. The maximum atomic E-state index is 11.9. The lowest BCUT2D eigenvalue weighted by molar-refractivity contribution is -0.116. The number of benzene rings is 1. The second kappa shape index (κ2) is 6.83. The highest BCUT2D eigenvalue weighted by atomic mass is 16.4. The Balaban J connectivity index is 1.55. The van der Waals surface area contributed by atoms with E-state index in [9.17, 15) is 4.79 Å². The van der Waals surface area contributed by atoms with Gasteiger partial charge in [0.1, 0.15) is 5.82 Å². The van der Waals surface area contributed by atoms with Crippen molar-refractivity contribution in [1.82, 2.24) is 15.2 Å². The van der Waals surface area contributed by atoms with E-state index in [1.165, 1.54) is 0 Å². The van der Waals surface area contributed by atoms with E-state index in [2.05, 4.69) is 20.5 Å². The smallest absolute Gasteiger partial charge is 0.247 e. The number of hydrogen-bond donors (Lipinski definition) is 1. The maximum absolute atomic E-state index is 11.9. The minimum Gasteiger partial charge on any atom is -0.421 e. The van der Waals surface area contributed by atoms with Gasteiger partial charge in [0, 0.05) is 24.6 Å². The number of amides is 1. The number of aryl methyl sites for hydroxylation is 2. The molecule has 0 saturated heterocycles. The van der Waals surface area contributed by atoms with Gasteiger partial charge in [0.25, 0.3) is 0 Å². The summed E-state index contributed by atoms with van der Waals surface area (Å²) in [6.07, 6.45) is 2.35. The number of pyridine rings is 1. The van der Waals surface area contributed by atoms with Crippen LogP contribution in [-0.2, 0) is 11.2 Å². The Hall–Kier alpha value is -3.02. The number of nitrogens with one attached hydrogen (secondary N) is 1. The van der Waals surface area contributed by atoms with Crippen LogP contribution >= 0.6 is 0 Å². The monoisotopic (exact) mass is 308 g/mol. The molecule has 0 atom stereocenters. The first kappa shape index (κ1) is 14.9. The molecule has 6 nitrogen and oxygen atoms in total. The van der Waals surface area contributed by atoms with Crippen LogP contribution in [0.25, 0.3) is 11.5 Å². The first-order valence-corrected chi connectivity index (χ1v) is 7.31. The predicted molar refractivity (Wildman–Crippen MR) is 85.7 cm³/mol. The molecule has 6 heteroatoms. The molecule has 116 valence electrons. The Morgan fingerprint density at radius 3 is 2.70 bits per heavy atom. The molecule has 0 aliphatic carbocycles. The summed E-state index contributed by atoms with van der Waals surface area (Å²) in [4.78, 5) is 16.0. The summed E-state index contributed by atoms with van der Waals surface area (Å²) in [5, 5.41) is 10.7. The molecule has 0 aliphatic rings. The Morgan fingerprint density at radius 2 is 1.96 bits per heavy atom. The lowest BCUT2D eigenvalue weighted by Gasteiger charge is -2.03. The normalized spacial score (nSPS) is 10.5. The number of aromatic nitrogens is 3. The number of carbonyl (C=O) groups excluding carboxylic acids is 1. The van der Waals surface area contributed by atoms with Crippen LogP contribution in [0.15, 0.2) is 53.1 Å². The molecule has 3 aromatic rings. The zero-order valence-electron chi connectivity index (χ0n) is 12.7. The van der Waals surface area contributed by atoms with Crippen LogP contribution < -0.4 is 5.32 Å². The fraction of sp³-hybridized carbons (Fsp3) is 0.176. The Labute approximate surface area is 133 Å². The summed E-state index contributed by atoms with van der Waals surface area (Å²) in [6, 6.07) is 13.2. The second-order valence-electron chi connectivity index (χ2n) is 5.14. The molecule has 0 aliphatic heterocycles. The maximum Gasteiger partial charge on any atom is 0.247 e. The lowest BCUT2D eigenvalue weighted by Crippen LogP contribution is -2.13. The summed E-state index contributed by atoms with van der Waals surface area (Å²) < 4.78 is 5.57. The highest BCUT2D eigenvalue weighted by Crippen LogP contribution is 2.17. The summed E-state index contributed by atoms with van der Waals surface area (Å²) in [6.45, 7) is 1.94. The molecule has 0 unspecified atom stereocenters. The molecule has 2 aromatic heterocycles. The average Bonchev–Trinajstić information content (AvgIpc) is 3.05. The van der Waals surface area contributed by atoms with Gasteiger partial charge >= 0.3 is 0 Å². The molecule has 3 rings (SSSR count). The number of rotatable bonds is 5. The van der Waals surface area contributed by atoms with Crippen molar-refractivity contribution in [2.45, 2.75) is 19.8 Å². The zero-order chi connectivity index (χ0) is 16.1. The van der Waals surface area contributed by atoms with Crippen LogP contribution in [0.3, 0.4) is 0 Å². The topological polar surface area (TPSA) is 80.9 Å². The zero-order valence-corrected chi connectivity index (χ0v) is 12.7. The third-order valence-electron chi connectivity index (χ3n) is 3.23. The van der Waals surface area contributed by atoms with Crippen LogP contribution in [0.5, 0.6) is 0 Å². The SMILES string of the molecule is Cc1ccc(NC(=O)CCc2nnc(-c3ccccc3)o2)nc1. The van der Waals surface area contributed by atoms with Crippen molar-refractivity contribution < 1.29 is 9.21 Å². The molecule has 0 spiro atoms. The Bertz CT molecular complexity index is 782. The largest absolute Gasteiger partial charge is 0.421 e. The van der Waals surface area contributed by atoms with E-state index in [0.29, 0.717) is 24.0 Å².